The first-order valence-corrected chi connectivity index (χ1v) is 11.2. The fraction of sp³-hybridized carbons (Fsp3) is 1.00. The zero-order chi connectivity index (χ0) is 17.6. The van der Waals surface area contributed by atoms with Gasteiger partial charge in [0, 0.05) is 7.11 Å². The maximum absolute atomic E-state index is 9.62. The van der Waals surface area contributed by atoms with E-state index in [1.54, 1.807) is 7.11 Å². The number of hydrogen-bond donors (Lipinski definition) is 1. The summed E-state index contributed by atoms with van der Waals surface area (Å²) in [4.78, 5) is 0. The van der Waals surface area contributed by atoms with Gasteiger partial charge in [0.25, 0.3) is 0 Å². The van der Waals surface area contributed by atoms with Crippen LogP contribution in [-0.4, -0.2) is 63.6 Å². The van der Waals surface area contributed by atoms with Crippen molar-refractivity contribution >= 4 is 8.32 Å². The molecule has 0 aromatic rings. The molecule has 2 heterocycles. The lowest BCUT2D eigenvalue weighted by Crippen LogP contribution is -2.61. The van der Waals surface area contributed by atoms with E-state index < -0.39 is 26.5 Å². The lowest BCUT2D eigenvalue weighted by Gasteiger charge is -2.46. The SMILES string of the molecule is CO[C@@H]1O[C@H](CO)[C@@H]2OC(C)(C)O[C@@H]2[C@@H]1O[Si](C)(C)C(C)(C)C. The second-order valence-electron chi connectivity index (χ2n) is 8.37. The van der Waals surface area contributed by atoms with Gasteiger partial charge in [-0.2, -0.15) is 0 Å². The molecule has 7 heteroatoms. The lowest BCUT2D eigenvalue weighted by atomic mass is 9.99. The minimum Gasteiger partial charge on any atom is -0.406 e. The maximum Gasteiger partial charge on any atom is 0.192 e. The number of aliphatic hydroxyl groups is 1. The van der Waals surface area contributed by atoms with Gasteiger partial charge in [0.15, 0.2) is 20.4 Å². The van der Waals surface area contributed by atoms with Crippen LogP contribution in [0.5, 0.6) is 0 Å². The molecule has 0 saturated carbocycles. The Morgan fingerprint density at radius 2 is 1.70 bits per heavy atom. The van der Waals surface area contributed by atoms with Crippen molar-refractivity contribution in [2.75, 3.05) is 13.7 Å². The van der Waals surface area contributed by atoms with Crippen molar-refractivity contribution in [1.29, 1.82) is 0 Å². The predicted molar refractivity (Wildman–Crippen MR) is 88.7 cm³/mol. The number of aliphatic hydroxyl groups excluding tert-OH is 1. The van der Waals surface area contributed by atoms with Gasteiger partial charge in [-0.3, -0.25) is 0 Å². The third kappa shape index (κ3) is 3.81. The summed E-state index contributed by atoms with van der Waals surface area (Å²) >= 11 is 0. The number of methoxy groups -OCH3 is 1. The Morgan fingerprint density at radius 1 is 1.13 bits per heavy atom. The molecule has 6 nitrogen and oxygen atoms in total. The first kappa shape index (κ1) is 19.3. The lowest BCUT2D eigenvalue weighted by molar-refractivity contribution is -0.270. The average Bonchev–Trinajstić information content (AvgIpc) is 2.73. The molecule has 0 aromatic heterocycles. The third-order valence-electron chi connectivity index (χ3n) is 5.08. The molecular formula is C16H32O6Si. The van der Waals surface area contributed by atoms with Crippen LogP contribution in [-0.2, 0) is 23.4 Å². The second kappa shape index (κ2) is 6.37. The van der Waals surface area contributed by atoms with Crippen LogP contribution in [0, 0.1) is 0 Å². The summed E-state index contributed by atoms with van der Waals surface area (Å²) in [6, 6.07) is 0. The van der Waals surface area contributed by atoms with Gasteiger partial charge < -0.3 is 28.5 Å². The Bertz CT molecular complexity index is 419. The number of rotatable bonds is 4. The predicted octanol–water partition coefficient (Wildman–Crippen LogP) is 2.26. The van der Waals surface area contributed by atoms with E-state index in [0.717, 1.165) is 0 Å². The molecule has 2 fully saturated rings. The minimum absolute atomic E-state index is 0.0591. The summed E-state index contributed by atoms with van der Waals surface area (Å²) in [5.74, 6) is -0.732. The van der Waals surface area contributed by atoms with Gasteiger partial charge in [0.2, 0.25) is 0 Å². The van der Waals surface area contributed by atoms with Crippen molar-refractivity contribution in [3.8, 4) is 0 Å². The number of ether oxygens (including phenoxy) is 4. The Labute approximate surface area is 140 Å². The number of hydrogen-bond acceptors (Lipinski definition) is 6. The molecule has 0 radical (unpaired) electrons. The Morgan fingerprint density at radius 3 is 2.17 bits per heavy atom. The standard InChI is InChI=1S/C16H32O6Si/c1-15(2,3)23(7,8)22-13-12-11(20-16(4,5)21-12)10(9-17)19-14(13)18-6/h10-14,17H,9H2,1-8H3/t10-,11+,12+,13+,14-/m1/s1. The third-order valence-corrected chi connectivity index (χ3v) is 9.55. The van der Waals surface area contributed by atoms with Crippen LogP contribution < -0.4 is 0 Å². The fourth-order valence-electron chi connectivity index (χ4n) is 2.82. The molecule has 0 aromatic carbocycles. The van der Waals surface area contributed by atoms with Crippen molar-refractivity contribution in [3.63, 3.8) is 0 Å². The van der Waals surface area contributed by atoms with Gasteiger partial charge in [-0.25, -0.2) is 0 Å². The quantitative estimate of drug-likeness (QED) is 0.786. The highest BCUT2D eigenvalue weighted by Gasteiger charge is 2.57. The molecule has 1 N–H and O–H groups in total. The van der Waals surface area contributed by atoms with Crippen molar-refractivity contribution < 1.29 is 28.5 Å². The van der Waals surface area contributed by atoms with Gasteiger partial charge in [-0.15, -0.1) is 0 Å². The Balaban J connectivity index is 2.28. The minimum atomic E-state index is -2.05. The molecule has 2 saturated heterocycles. The molecule has 0 aliphatic carbocycles. The zero-order valence-corrected chi connectivity index (χ0v) is 16.6. The van der Waals surface area contributed by atoms with Crippen LogP contribution >= 0.6 is 0 Å². The summed E-state index contributed by atoms with van der Waals surface area (Å²) < 4.78 is 30.0. The molecule has 23 heavy (non-hydrogen) atoms. The van der Waals surface area contributed by atoms with Gasteiger partial charge in [-0.1, -0.05) is 20.8 Å². The van der Waals surface area contributed by atoms with Crippen molar-refractivity contribution in [3.05, 3.63) is 0 Å². The van der Waals surface area contributed by atoms with Gasteiger partial charge in [0.1, 0.15) is 24.4 Å². The van der Waals surface area contributed by atoms with Gasteiger partial charge >= 0.3 is 0 Å². The fourth-order valence-corrected chi connectivity index (χ4v) is 4.10. The summed E-state index contributed by atoms with van der Waals surface area (Å²) in [5.41, 5.74) is 0. The monoisotopic (exact) mass is 348 g/mol. The van der Waals surface area contributed by atoms with E-state index >= 15 is 0 Å². The average molecular weight is 349 g/mol. The summed E-state index contributed by atoms with van der Waals surface area (Å²) in [7, 11) is -0.461. The van der Waals surface area contributed by atoms with Crippen molar-refractivity contribution in [1.82, 2.24) is 0 Å². The molecule has 0 unspecified atom stereocenters. The molecular weight excluding hydrogens is 316 g/mol. The van der Waals surface area contributed by atoms with Gasteiger partial charge in [0.05, 0.1) is 6.61 Å². The van der Waals surface area contributed by atoms with Crippen molar-refractivity contribution in [2.45, 2.75) is 89.2 Å². The van der Waals surface area contributed by atoms with Crippen LogP contribution in [0.4, 0.5) is 0 Å². The van der Waals surface area contributed by atoms with Crippen LogP contribution in [0.3, 0.4) is 0 Å². The van der Waals surface area contributed by atoms with E-state index in [-0.39, 0.29) is 30.0 Å². The van der Waals surface area contributed by atoms with Gasteiger partial charge in [-0.05, 0) is 32.0 Å². The van der Waals surface area contributed by atoms with E-state index in [9.17, 15) is 5.11 Å². The van der Waals surface area contributed by atoms with Crippen LogP contribution in [0.1, 0.15) is 34.6 Å². The second-order valence-corrected chi connectivity index (χ2v) is 13.1. The summed E-state index contributed by atoms with van der Waals surface area (Å²) in [6.45, 7) is 14.5. The molecule has 136 valence electrons. The zero-order valence-electron chi connectivity index (χ0n) is 15.6. The summed E-state index contributed by atoms with van der Waals surface area (Å²) in [5, 5.41) is 9.68. The maximum atomic E-state index is 9.62. The molecule has 2 aliphatic rings. The molecule has 5 atom stereocenters. The highest BCUT2D eigenvalue weighted by atomic mass is 28.4. The Hall–Kier alpha value is -0.0231. The van der Waals surface area contributed by atoms with Crippen LogP contribution in [0.2, 0.25) is 18.1 Å². The summed E-state index contributed by atoms with van der Waals surface area (Å²) in [6.07, 6.45) is -2.13. The van der Waals surface area contributed by atoms with E-state index in [2.05, 4.69) is 33.9 Å². The number of fused-ring (bicyclic) bond motifs is 1. The highest BCUT2D eigenvalue weighted by molar-refractivity contribution is 6.74. The van der Waals surface area contributed by atoms with E-state index in [1.165, 1.54) is 0 Å². The highest BCUT2D eigenvalue weighted by Crippen LogP contribution is 2.43. The largest absolute Gasteiger partial charge is 0.406 e. The van der Waals surface area contributed by atoms with E-state index in [4.69, 9.17) is 23.4 Å². The van der Waals surface area contributed by atoms with Crippen molar-refractivity contribution in [2.24, 2.45) is 0 Å². The van der Waals surface area contributed by atoms with E-state index in [1.807, 2.05) is 13.8 Å². The first-order chi connectivity index (χ1) is 10.4. The molecule has 0 amide bonds. The molecule has 2 rings (SSSR count). The molecule has 2 aliphatic heterocycles. The Kier molecular flexibility index (Phi) is 5.34. The topological polar surface area (TPSA) is 66.4 Å². The smallest absolute Gasteiger partial charge is 0.192 e. The first-order valence-electron chi connectivity index (χ1n) is 8.24. The van der Waals surface area contributed by atoms with E-state index in [0.29, 0.717) is 0 Å². The molecule has 0 bridgehead atoms. The normalized spacial score (nSPS) is 37.7. The van der Waals surface area contributed by atoms with Crippen LogP contribution in [0.25, 0.3) is 0 Å². The van der Waals surface area contributed by atoms with Crippen LogP contribution in [0.15, 0.2) is 0 Å². The molecule has 0 spiro atoms.